The van der Waals surface area contributed by atoms with E-state index in [4.69, 9.17) is 4.74 Å². The Balaban J connectivity index is 2.27. The molecule has 1 fully saturated rings. The molecule has 16 heavy (non-hydrogen) atoms. The molecular formula is C11H13N3O2. The summed E-state index contributed by atoms with van der Waals surface area (Å²) in [5.74, 6) is 1.13. The maximum absolute atomic E-state index is 11.6. The fourth-order valence-corrected chi connectivity index (χ4v) is 1.60. The lowest BCUT2D eigenvalue weighted by Gasteiger charge is -2.09. The van der Waals surface area contributed by atoms with E-state index in [1.54, 1.807) is 14.2 Å². The maximum Gasteiger partial charge on any atom is 0.253 e. The van der Waals surface area contributed by atoms with Gasteiger partial charge in [-0.05, 0) is 17.7 Å². The first kappa shape index (κ1) is 10.5. The summed E-state index contributed by atoms with van der Waals surface area (Å²) in [5.41, 5.74) is 0.857. The van der Waals surface area contributed by atoms with Gasteiger partial charge in [-0.15, -0.1) is 0 Å². The highest BCUT2D eigenvalue weighted by Gasteiger charge is 2.29. The number of ether oxygens (including phenoxy) is 1. The van der Waals surface area contributed by atoms with Crippen molar-refractivity contribution >= 4 is 11.9 Å². The summed E-state index contributed by atoms with van der Waals surface area (Å²) in [5, 5.41) is 5.64. The third-order valence-corrected chi connectivity index (χ3v) is 2.44. The van der Waals surface area contributed by atoms with Crippen molar-refractivity contribution in [2.45, 2.75) is 6.04 Å². The number of carbonyl (C=O) groups excluding carboxylic acids is 1. The van der Waals surface area contributed by atoms with Crippen molar-refractivity contribution in [2.24, 2.45) is 4.99 Å². The number of nitrogens with one attached hydrogen (secondary N) is 2. The number of guanidine groups is 1. The molecule has 1 amide bonds. The first-order valence-corrected chi connectivity index (χ1v) is 4.92. The zero-order valence-electron chi connectivity index (χ0n) is 9.15. The Morgan fingerprint density at radius 2 is 2.25 bits per heavy atom. The average molecular weight is 219 g/mol. The first-order chi connectivity index (χ1) is 7.74. The number of aliphatic imine (C=N–C) groups is 1. The molecule has 1 atom stereocenters. The van der Waals surface area contributed by atoms with Gasteiger partial charge in [-0.1, -0.05) is 12.1 Å². The van der Waals surface area contributed by atoms with E-state index in [0.29, 0.717) is 5.96 Å². The van der Waals surface area contributed by atoms with Gasteiger partial charge >= 0.3 is 0 Å². The van der Waals surface area contributed by atoms with Gasteiger partial charge in [0.2, 0.25) is 0 Å². The van der Waals surface area contributed by atoms with Crippen LogP contribution in [0.3, 0.4) is 0 Å². The minimum absolute atomic E-state index is 0.103. The summed E-state index contributed by atoms with van der Waals surface area (Å²) >= 11 is 0. The molecule has 1 aromatic carbocycles. The second kappa shape index (κ2) is 4.22. The summed E-state index contributed by atoms with van der Waals surface area (Å²) in [6.07, 6.45) is 0. The lowest BCUT2D eigenvalue weighted by molar-refractivity contribution is -0.120. The molecule has 1 aliphatic heterocycles. The summed E-state index contributed by atoms with van der Waals surface area (Å²) in [6.45, 7) is 0. The molecule has 2 rings (SSSR count). The van der Waals surface area contributed by atoms with Crippen molar-refractivity contribution in [3.8, 4) is 5.75 Å². The standard InChI is InChI=1S/C11H13N3O2/c1-12-11-13-9(10(15)14-11)7-4-3-5-8(6-7)16-2/h3-6,9H,1-2H3,(H2,12,13,14,15). The van der Waals surface area contributed by atoms with Crippen LogP contribution in [-0.2, 0) is 4.79 Å². The van der Waals surface area contributed by atoms with E-state index >= 15 is 0 Å². The second-order valence-corrected chi connectivity index (χ2v) is 3.42. The predicted molar refractivity (Wildman–Crippen MR) is 60.4 cm³/mol. The highest BCUT2D eigenvalue weighted by atomic mass is 16.5. The number of hydrogen-bond donors (Lipinski definition) is 2. The van der Waals surface area contributed by atoms with Crippen LogP contribution in [0.25, 0.3) is 0 Å². The molecule has 0 spiro atoms. The fraction of sp³-hybridized carbons (Fsp3) is 0.273. The highest BCUT2D eigenvalue weighted by Crippen LogP contribution is 2.21. The number of nitrogens with zero attached hydrogens (tertiary/aromatic N) is 1. The molecule has 1 aliphatic rings. The smallest absolute Gasteiger partial charge is 0.253 e. The zero-order valence-corrected chi connectivity index (χ0v) is 9.15. The van der Waals surface area contributed by atoms with E-state index in [1.807, 2.05) is 24.3 Å². The first-order valence-electron chi connectivity index (χ1n) is 4.92. The van der Waals surface area contributed by atoms with Gasteiger partial charge in [0.05, 0.1) is 7.11 Å². The van der Waals surface area contributed by atoms with Crippen LogP contribution in [0.15, 0.2) is 29.3 Å². The van der Waals surface area contributed by atoms with E-state index in [9.17, 15) is 4.79 Å². The molecule has 1 heterocycles. The number of benzene rings is 1. The number of methoxy groups -OCH3 is 1. The quantitative estimate of drug-likeness (QED) is 0.758. The Hall–Kier alpha value is -2.04. The lowest BCUT2D eigenvalue weighted by atomic mass is 10.1. The van der Waals surface area contributed by atoms with Crippen LogP contribution in [0.5, 0.6) is 5.75 Å². The van der Waals surface area contributed by atoms with Crippen molar-refractivity contribution in [2.75, 3.05) is 14.2 Å². The van der Waals surface area contributed by atoms with Gasteiger partial charge in [-0.3, -0.25) is 15.1 Å². The molecule has 1 unspecified atom stereocenters. The largest absolute Gasteiger partial charge is 0.497 e. The van der Waals surface area contributed by atoms with E-state index < -0.39 is 6.04 Å². The molecule has 5 nitrogen and oxygen atoms in total. The third kappa shape index (κ3) is 1.84. The number of rotatable bonds is 2. The third-order valence-electron chi connectivity index (χ3n) is 2.44. The van der Waals surface area contributed by atoms with Gasteiger partial charge in [0.25, 0.3) is 5.91 Å². The Bertz CT molecular complexity index is 443. The summed E-state index contributed by atoms with van der Waals surface area (Å²) in [4.78, 5) is 15.5. The highest BCUT2D eigenvalue weighted by molar-refractivity contribution is 6.06. The van der Waals surface area contributed by atoms with Crippen LogP contribution in [0.4, 0.5) is 0 Å². The minimum Gasteiger partial charge on any atom is -0.497 e. The lowest BCUT2D eigenvalue weighted by Crippen LogP contribution is -2.24. The molecule has 0 saturated carbocycles. The van der Waals surface area contributed by atoms with Gasteiger partial charge in [0.15, 0.2) is 5.96 Å². The second-order valence-electron chi connectivity index (χ2n) is 3.42. The predicted octanol–water partition coefficient (Wildman–Crippen LogP) is 0.441. The van der Waals surface area contributed by atoms with Gasteiger partial charge in [-0.25, -0.2) is 0 Å². The van der Waals surface area contributed by atoms with Crippen molar-refractivity contribution in [1.29, 1.82) is 0 Å². The zero-order chi connectivity index (χ0) is 11.5. The number of hydrogen-bond acceptors (Lipinski definition) is 3. The molecule has 1 aromatic rings. The van der Waals surface area contributed by atoms with E-state index in [-0.39, 0.29) is 5.91 Å². The molecule has 2 N–H and O–H groups in total. The van der Waals surface area contributed by atoms with Crippen molar-refractivity contribution < 1.29 is 9.53 Å². The Morgan fingerprint density at radius 1 is 1.44 bits per heavy atom. The molecule has 0 aliphatic carbocycles. The summed E-state index contributed by atoms with van der Waals surface area (Å²) in [7, 11) is 3.22. The van der Waals surface area contributed by atoms with Crippen LogP contribution in [0, 0.1) is 0 Å². The van der Waals surface area contributed by atoms with Gasteiger partial charge < -0.3 is 10.1 Å². The van der Waals surface area contributed by atoms with E-state index in [2.05, 4.69) is 15.6 Å². The summed E-state index contributed by atoms with van der Waals surface area (Å²) in [6, 6.07) is 7.00. The Kier molecular flexibility index (Phi) is 2.76. The molecule has 84 valence electrons. The number of amides is 1. The molecule has 5 heteroatoms. The molecule has 0 radical (unpaired) electrons. The van der Waals surface area contributed by atoms with Crippen LogP contribution in [0.1, 0.15) is 11.6 Å². The maximum atomic E-state index is 11.6. The Morgan fingerprint density at radius 3 is 2.88 bits per heavy atom. The number of carbonyl (C=O) groups is 1. The van der Waals surface area contributed by atoms with Gasteiger partial charge in [0.1, 0.15) is 11.8 Å². The van der Waals surface area contributed by atoms with Crippen molar-refractivity contribution in [3.63, 3.8) is 0 Å². The van der Waals surface area contributed by atoms with Gasteiger partial charge in [0, 0.05) is 7.05 Å². The molecular weight excluding hydrogens is 206 g/mol. The van der Waals surface area contributed by atoms with E-state index in [0.717, 1.165) is 11.3 Å². The molecule has 0 bridgehead atoms. The fourth-order valence-electron chi connectivity index (χ4n) is 1.60. The van der Waals surface area contributed by atoms with E-state index in [1.165, 1.54) is 0 Å². The summed E-state index contributed by atoms with van der Waals surface area (Å²) < 4.78 is 5.11. The van der Waals surface area contributed by atoms with Gasteiger partial charge in [-0.2, -0.15) is 0 Å². The monoisotopic (exact) mass is 219 g/mol. The van der Waals surface area contributed by atoms with Crippen LogP contribution in [0.2, 0.25) is 0 Å². The van der Waals surface area contributed by atoms with Crippen molar-refractivity contribution in [1.82, 2.24) is 10.6 Å². The van der Waals surface area contributed by atoms with Crippen LogP contribution >= 0.6 is 0 Å². The average Bonchev–Trinajstić information content (AvgIpc) is 2.71. The SMILES string of the molecule is CN=C1NC(=O)C(c2cccc(OC)c2)N1. The normalized spacial score (nSPS) is 21.8. The van der Waals surface area contributed by atoms with Crippen LogP contribution < -0.4 is 15.4 Å². The van der Waals surface area contributed by atoms with Crippen LogP contribution in [-0.4, -0.2) is 26.0 Å². The molecule has 1 saturated heterocycles. The molecule has 0 aromatic heterocycles. The topological polar surface area (TPSA) is 62.7 Å². The Labute approximate surface area is 93.5 Å². The minimum atomic E-state index is -0.395. The van der Waals surface area contributed by atoms with Crippen molar-refractivity contribution in [3.05, 3.63) is 29.8 Å².